The van der Waals surface area contributed by atoms with Crippen molar-refractivity contribution in [3.05, 3.63) is 0 Å². The Morgan fingerprint density at radius 2 is 1.63 bits per heavy atom. The van der Waals surface area contributed by atoms with E-state index in [-0.39, 0.29) is 5.41 Å². The summed E-state index contributed by atoms with van der Waals surface area (Å²) < 4.78 is 0. The van der Waals surface area contributed by atoms with Crippen LogP contribution in [0.5, 0.6) is 0 Å². The molecule has 0 unspecified atom stereocenters. The van der Waals surface area contributed by atoms with Gasteiger partial charge in [-0.3, -0.25) is 9.80 Å². The Labute approximate surface area is 117 Å². The van der Waals surface area contributed by atoms with Crippen LogP contribution in [-0.2, 0) is 4.79 Å². The molecule has 0 amide bonds. The van der Waals surface area contributed by atoms with Crippen LogP contribution < -0.4 is 0 Å². The highest BCUT2D eigenvalue weighted by atomic mass is 16.1. The van der Waals surface area contributed by atoms with Crippen LogP contribution in [0.2, 0.25) is 0 Å². The number of likely N-dealkylation sites (N-methyl/N-ethyl adjacent to an activating group) is 1. The molecule has 1 aliphatic heterocycles. The Bertz CT molecular complexity index is 279. The van der Waals surface area contributed by atoms with Crippen molar-refractivity contribution in [2.24, 2.45) is 5.41 Å². The molecule has 110 valence electrons. The van der Waals surface area contributed by atoms with Gasteiger partial charge in [-0.15, -0.1) is 0 Å². The lowest BCUT2D eigenvalue weighted by Gasteiger charge is -2.38. The minimum Gasteiger partial charge on any atom is -0.308 e. The fourth-order valence-corrected chi connectivity index (χ4v) is 3.35. The molecule has 1 aliphatic carbocycles. The molecule has 4 heteroatoms. The topological polar surface area (TPSA) is 26.8 Å². The molecule has 2 aliphatic rings. The van der Waals surface area contributed by atoms with Gasteiger partial charge in [-0.1, -0.05) is 12.8 Å². The lowest BCUT2D eigenvalue weighted by molar-refractivity contribution is -0.117. The minimum absolute atomic E-state index is 0.00813. The van der Waals surface area contributed by atoms with Gasteiger partial charge in [0.1, 0.15) is 6.29 Å². The summed E-state index contributed by atoms with van der Waals surface area (Å²) in [5.74, 6) is 0. The number of rotatable bonds is 6. The lowest BCUT2D eigenvalue weighted by Crippen LogP contribution is -2.50. The zero-order valence-electron chi connectivity index (χ0n) is 12.6. The van der Waals surface area contributed by atoms with Gasteiger partial charge in [0.05, 0.1) is 0 Å². The molecule has 2 fully saturated rings. The number of aldehydes is 1. The van der Waals surface area contributed by atoms with Crippen molar-refractivity contribution in [3.8, 4) is 0 Å². The molecule has 1 saturated carbocycles. The maximum absolute atomic E-state index is 11.4. The number of piperazine rings is 1. The van der Waals surface area contributed by atoms with Gasteiger partial charge in [-0.25, -0.2) is 0 Å². The fourth-order valence-electron chi connectivity index (χ4n) is 3.35. The van der Waals surface area contributed by atoms with Gasteiger partial charge in [0.25, 0.3) is 0 Å². The van der Waals surface area contributed by atoms with Crippen LogP contribution in [0.3, 0.4) is 0 Å². The van der Waals surface area contributed by atoms with Gasteiger partial charge in [-0.05, 0) is 26.9 Å². The Morgan fingerprint density at radius 1 is 1.05 bits per heavy atom. The number of carbonyl (C=O) groups excluding carboxylic acids is 1. The smallest absolute Gasteiger partial charge is 0.127 e. The summed E-state index contributed by atoms with van der Waals surface area (Å²) in [6.07, 6.45) is 5.94. The molecule has 0 aromatic carbocycles. The summed E-state index contributed by atoms with van der Waals surface area (Å²) in [6, 6.07) is 0. The molecule has 1 saturated heterocycles. The quantitative estimate of drug-likeness (QED) is 0.669. The normalized spacial score (nSPS) is 25.0. The van der Waals surface area contributed by atoms with Crippen molar-refractivity contribution in [1.82, 2.24) is 14.7 Å². The first-order chi connectivity index (χ1) is 9.13. The van der Waals surface area contributed by atoms with Gasteiger partial charge in [0.15, 0.2) is 0 Å². The van der Waals surface area contributed by atoms with E-state index in [1.807, 2.05) is 0 Å². The largest absolute Gasteiger partial charge is 0.308 e. The van der Waals surface area contributed by atoms with E-state index in [1.165, 1.54) is 25.7 Å². The summed E-state index contributed by atoms with van der Waals surface area (Å²) in [4.78, 5) is 18.7. The molecule has 2 rings (SSSR count). The molecular weight excluding hydrogens is 238 g/mol. The molecular formula is C15H29N3O. The Hall–Kier alpha value is -0.450. The first kappa shape index (κ1) is 14.9. The van der Waals surface area contributed by atoms with E-state index < -0.39 is 0 Å². The Balaban J connectivity index is 1.72. The van der Waals surface area contributed by atoms with Crippen molar-refractivity contribution in [3.63, 3.8) is 0 Å². The summed E-state index contributed by atoms with van der Waals surface area (Å²) in [5.41, 5.74) is -0.00813. The highest BCUT2D eigenvalue weighted by Gasteiger charge is 2.35. The maximum Gasteiger partial charge on any atom is 0.127 e. The number of nitrogens with zero attached hydrogens (tertiary/aromatic N) is 3. The first-order valence-electron chi connectivity index (χ1n) is 7.69. The lowest BCUT2D eigenvalue weighted by atomic mass is 9.87. The van der Waals surface area contributed by atoms with E-state index in [4.69, 9.17) is 0 Å². The van der Waals surface area contributed by atoms with Crippen LogP contribution in [0.4, 0.5) is 0 Å². The number of hydrogen-bond acceptors (Lipinski definition) is 4. The van der Waals surface area contributed by atoms with Crippen molar-refractivity contribution in [1.29, 1.82) is 0 Å². The third-order valence-electron chi connectivity index (χ3n) is 4.72. The van der Waals surface area contributed by atoms with E-state index in [0.29, 0.717) is 0 Å². The van der Waals surface area contributed by atoms with Crippen LogP contribution >= 0.6 is 0 Å². The van der Waals surface area contributed by atoms with Gasteiger partial charge < -0.3 is 9.69 Å². The molecule has 0 radical (unpaired) electrons. The van der Waals surface area contributed by atoms with Crippen LogP contribution in [-0.4, -0.2) is 80.9 Å². The van der Waals surface area contributed by atoms with E-state index in [0.717, 1.165) is 52.1 Å². The van der Waals surface area contributed by atoms with Crippen molar-refractivity contribution in [2.75, 3.05) is 59.9 Å². The second-order valence-electron chi connectivity index (χ2n) is 6.61. The zero-order valence-corrected chi connectivity index (χ0v) is 12.6. The molecule has 0 atom stereocenters. The summed E-state index contributed by atoms with van der Waals surface area (Å²) in [5, 5.41) is 0. The van der Waals surface area contributed by atoms with Gasteiger partial charge in [-0.2, -0.15) is 0 Å². The fraction of sp³-hybridized carbons (Fsp3) is 0.933. The molecule has 0 aromatic heterocycles. The third kappa shape index (κ3) is 4.26. The van der Waals surface area contributed by atoms with Crippen molar-refractivity contribution in [2.45, 2.75) is 25.7 Å². The van der Waals surface area contributed by atoms with Gasteiger partial charge in [0.2, 0.25) is 0 Å². The number of hydrogen-bond donors (Lipinski definition) is 0. The molecule has 0 N–H and O–H groups in total. The first-order valence-corrected chi connectivity index (χ1v) is 7.69. The van der Waals surface area contributed by atoms with Gasteiger partial charge in [0, 0.05) is 51.2 Å². The van der Waals surface area contributed by atoms with Crippen molar-refractivity contribution >= 4 is 6.29 Å². The van der Waals surface area contributed by atoms with E-state index in [2.05, 4.69) is 28.8 Å². The highest BCUT2D eigenvalue weighted by Crippen LogP contribution is 2.36. The molecule has 0 bridgehead atoms. The average Bonchev–Trinajstić information content (AvgIpc) is 2.87. The summed E-state index contributed by atoms with van der Waals surface area (Å²) in [6.45, 7) is 7.87. The van der Waals surface area contributed by atoms with Crippen LogP contribution in [0, 0.1) is 5.41 Å². The summed E-state index contributed by atoms with van der Waals surface area (Å²) in [7, 11) is 4.26. The van der Waals surface area contributed by atoms with E-state index >= 15 is 0 Å². The zero-order chi connectivity index (χ0) is 13.7. The minimum atomic E-state index is -0.00813. The van der Waals surface area contributed by atoms with Gasteiger partial charge >= 0.3 is 0 Å². The maximum atomic E-state index is 11.4. The SMILES string of the molecule is CN(C)CCN1CCN(CC2(C=O)CCCC2)CC1. The average molecular weight is 267 g/mol. The monoisotopic (exact) mass is 267 g/mol. The summed E-state index contributed by atoms with van der Waals surface area (Å²) >= 11 is 0. The second-order valence-corrected chi connectivity index (χ2v) is 6.61. The highest BCUT2D eigenvalue weighted by molar-refractivity contribution is 5.60. The Kier molecular flexibility index (Phi) is 5.37. The van der Waals surface area contributed by atoms with E-state index in [1.54, 1.807) is 0 Å². The Morgan fingerprint density at radius 3 is 2.16 bits per heavy atom. The predicted molar refractivity (Wildman–Crippen MR) is 78.4 cm³/mol. The van der Waals surface area contributed by atoms with Crippen molar-refractivity contribution < 1.29 is 4.79 Å². The second kappa shape index (κ2) is 6.82. The molecule has 19 heavy (non-hydrogen) atoms. The van der Waals surface area contributed by atoms with E-state index in [9.17, 15) is 4.79 Å². The van der Waals surface area contributed by atoms with Crippen LogP contribution in [0.1, 0.15) is 25.7 Å². The van der Waals surface area contributed by atoms with Crippen LogP contribution in [0.25, 0.3) is 0 Å². The molecule has 0 spiro atoms. The standard InChI is InChI=1S/C15H29N3O/c1-16(2)7-8-17-9-11-18(12-10-17)13-15(14-19)5-3-4-6-15/h14H,3-13H2,1-2H3. The predicted octanol–water partition coefficient (Wildman–Crippen LogP) is 0.925. The molecule has 0 aromatic rings. The molecule has 4 nitrogen and oxygen atoms in total. The number of carbonyl (C=O) groups is 1. The molecule has 1 heterocycles. The third-order valence-corrected chi connectivity index (χ3v) is 4.72. The van der Waals surface area contributed by atoms with Crippen LogP contribution in [0.15, 0.2) is 0 Å².